The van der Waals surface area contributed by atoms with Gasteiger partial charge < -0.3 is 14.8 Å². The van der Waals surface area contributed by atoms with Crippen LogP contribution in [0.3, 0.4) is 0 Å². The van der Waals surface area contributed by atoms with E-state index in [1.807, 2.05) is 18.2 Å². The fourth-order valence-corrected chi connectivity index (χ4v) is 1.22. The zero-order chi connectivity index (χ0) is 9.68. The normalized spacial score (nSPS) is 9.46. The van der Waals surface area contributed by atoms with Crippen molar-refractivity contribution in [3.63, 3.8) is 0 Å². The SMILES string of the molecule is COc1ccc(NCS)cc1OC. The molecule has 3 nitrogen and oxygen atoms in total. The molecule has 0 spiro atoms. The monoisotopic (exact) mass is 199 g/mol. The third-order valence-electron chi connectivity index (χ3n) is 1.67. The molecular weight excluding hydrogens is 186 g/mol. The van der Waals surface area contributed by atoms with E-state index in [2.05, 4.69) is 17.9 Å². The third kappa shape index (κ3) is 2.45. The molecule has 1 N–H and O–H groups in total. The zero-order valence-electron chi connectivity index (χ0n) is 7.70. The highest BCUT2D eigenvalue weighted by Gasteiger charge is 2.02. The molecule has 0 unspecified atom stereocenters. The second-order valence-corrected chi connectivity index (χ2v) is 2.72. The number of anilines is 1. The van der Waals surface area contributed by atoms with Gasteiger partial charge in [-0.25, -0.2) is 0 Å². The lowest BCUT2D eigenvalue weighted by atomic mass is 10.3. The predicted octanol–water partition coefficient (Wildman–Crippen LogP) is 2.00. The minimum absolute atomic E-state index is 0.593. The van der Waals surface area contributed by atoms with Crippen molar-refractivity contribution in [3.8, 4) is 11.5 Å². The Morgan fingerprint density at radius 3 is 2.46 bits per heavy atom. The van der Waals surface area contributed by atoms with Crippen molar-refractivity contribution >= 4 is 18.3 Å². The van der Waals surface area contributed by atoms with Gasteiger partial charge in [-0.15, -0.1) is 0 Å². The van der Waals surface area contributed by atoms with E-state index in [4.69, 9.17) is 9.47 Å². The minimum Gasteiger partial charge on any atom is -0.493 e. The summed E-state index contributed by atoms with van der Waals surface area (Å²) in [6, 6.07) is 5.64. The molecule has 4 heteroatoms. The van der Waals surface area contributed by atoms with Gasteiger partial charge in [-0.2, -0.15) is 12.6 Å². The highest BCUT2D eigenvalue weighted by atomic mass is 32.1. The molecule has 0 radical (unpaired) electrons. The average molecular weight is 199 g/mol. The van der Waals surface area contributed by atoms with Crippen molar-refractivity contribution in [2.45, 2.75) is 0 Å². The molecule has 1 aromatic carbocycles. The number of rotatable bonds is 4. The van der Waals surface area contributed by atoms with Crippen LogP contribution in [0.4, 0.5) is 5.69 Å². The molecule has 0 heterocycles. The van der Waals surface area contributed by atoms with Gasteiger partial charge in [0.05, 0.1) is 20.1 Å². The van der Waals surface area contributed by atoms with Gasteiger partial charge in [-0.05, 0) is 12.1 Å². The molecule has 0 bridgehead atoms. The van der Waals surface area contributed by atoms with Crippen LogP contribution < -0.4 is 14.8 Å². The van der Waals surface area contributed by atoms with E-state index in [0.717, 1.165) is 11.4 Å². The fraction of sp³-hybridized carbons (Fsp3) is 0.333. The number of benzene rings is 1. The number of nitrogens with one attached hydrogen (secondary N) is 1. The van der Waals surface area contributed by atoms with Gasteiger partial charge in [0.15, 0.2) is 11.5 Å². The summed E-state index contributed by atoms with van der Waals surface area (Å²) in [5, 5.41) is 3.06. The third-order valence-corrected chi connectivity index (χ3v) is 1.82. The molecule has 13 heavy (non-hydrogen) atoms. The van der Waals surface area contributed by atoms with E-state index in [9.17, 15) is 0 Å². The van der Waals surface area contributed by atoms with Crippen molar-refractivity contribution < 1.29 is 9.47 Å². The number of thiol groups is 1. The van der Waals surface area contributed by atoms with Crippen LogP contribution in [0.15, 0.2) is 18.2 Å². The largest absolute Gasteiger partial charge is 0.493 e. The van der Waals surface area contributed by atoms with Crippen molar-refractivity contribution in [2.24, 2.45) is 0 Å². The van der Waals surface area contributed by atoms with Crippen LogP contribution in [0.25, 0.3) is 0 Å². The van der Waals surface area contributed by atoms with Gasteiger partial charge in [-0.1, -0.05) is 0 Å². The molecule has 0 amide bonds. The van der Waals surface area contributed by atoms with Gasteiger partial charge in [0.1, 0.15) is 0 Å². The predicted molar refractivity (Wildman–Crippen MR) is 57.0 cm³/mol. The van der Waals surface area contributed by atoms with Crippen molar-refractivity contribution in [2.75, 3.05) is 25.4 Å². The van der Waals surface area contributed by atoms with Crippen molar-refractivity contribution in [3.05, 3.63) is 18.2 Å². The van der Waals surface area contributed by atoms with Gasteiger partial charge in [0, 0.05) is 11.8 Å². The minimum atomic E-state index is 0.593. The lowest BCUT2D eigenvalue weighted by Crippen LogP contribution is -1.96. The standard InChI is InChI=1S/C9H13NO2S/c1-11-8-4-3-7(10-6-13)5-9(8)12-2/h3-5,10,13H,6H2,1-2H3. The lowest BCUT2D eigenvalue weighted by molar-refractivity contribution is 0.355. The molecule has 0 aliphatic heterocycles. The van der Waals surface area contributed by atoms with E-state index >= 15 is 0 Å². The highest BCUT2D eigenvalue weighted by Crippen LogP contribution is 2.29. The molecule has 1 aromatic rings. The average Bonchev–Trinajstić information content (AvgIpc) is 2.18. The topological polar surface area (TPSA) is 30.5 Å². The first kappa shape index (κ1) is 10.1. The maximum Gasteiger partial charge on any atom is 0.162 e. The quantitative estimate of drug-likeness (QED) is 0.574. The lowest BCUT2D eigenvalue weighted by Gasteiger charge is -2.09. The molecule has 0 aromatic heterocycles. The Morgan fingerprint density at radius 1 is 1.23 bits per heavy atom. The van der Waals surface area contributed by atoms with Crippen LogP contribution in [0, 0.1) is 0 Å². The van der Waals surface area contributed by atoms with Crippen LogP contribution in [0.5, 0.6) is 11.5 Å². The van der Waals surface area contributed by atoms with Crippen LogP contribution in [0.2, 0.25) is 0 Å². The molecular formula is C9H13NO2S. The van der Waals surface area contributed by atoms with E-state index in [1.54, 1.807) is 14.2 Å². The van der Waals surface area contributed by atoms with Gasteiger partial charge in [0.25, 0.3) is 0 Å². The summed E-state index contributed by atoms with van der Waals surface area (Å²) in [6.45, 7) is 0. The van der Waals surface area contributed by atoms with Crippen molar-refractivity contribution in [1.82, 2.24) is 0 Å². The summed E-state index contributed by atoms with van der Waals surface area (Å²) in [4.78, 5) is 0. The molecule has 0 fully saturated rings. The van der Waals surface area contributed by atoms with E-state index < -0.39 is 0 Å². The van der Waals surface area contributed by atoms with E-state index in [-0.39, 0.29) is 0 Å². The Hall–Kier alpha value is -1.03. The van der Waals surface area contributed by atoms with Crippen LogP contribution in [-0.2, 0) is 0 Å². The number of methoxy groups -OCH3 is 2. The number of hydrogen-bond donors (Lipinski definition) is 2. The molecule has 1 rings (SSSR count). The first-order chi connectivity index (χ1) is 6.31. The summed E-state index contributed by atoms with van der Waals surface area (Å²) < 4.78 is 10.2. The molecule has 0 aliphatic carbocycles. The zero-order valence-corrected chi connectivity index (χ0v) is 8.60. The van der Waals surface area contributed by atoms with Gasteiger partial charge in [0.2, 0.25) is 0 Å². The fourth-order valence-electron chi connectivity index (χ4n) is 1.04. The molecule has 72 valence electrons. The van der Waals surface area contributed by atoms with Crippen LogP contribution in [-0.4, -0.2) is 20.1 Å². The molecule has 0 saturated carbocycles. The van der Waals surface area contributed by atoms with Gasteiger partial charge >= 0.3 is 0 Å². The first-order valence-electron chi connectivity index (χ1n) is 3.88. The summed E-state index contributed by atoms with van der Waals surface area (Å²) in [6.07, 6.45) is 0. The number of hydrogen-bond acceptors (Lipinski definition) is 4. The summed E-state index contributed by atoms with van der Waals surface area (Å²) in [7, 11) is 3.23. The second-order valence-electron chi connectivity index (χ2n) is 2.40. The Morgan fingerprint density at radius 2 is 1.92 bits per heavy atom. The van der Waals surface area contributed by atoms with Gasteiger partial charge in [-0.3, -0.25) is 0 Å². The maximum absolute atomic E-state index is 5.13. The Balaban J connectivity index is 2.91. The molecule has 0 saturated heterocycles. The summed E-state index contributed by atoms with van der Waals surface area (Å²) in [5.74, 6) is 2.04. The smallest absolute Gasteiger partial charge is 0.162 e. The molecule has 0 aliphatic rings. The Labute approximate surface area is 83.5 Å². The number of ether oxygens (including phenoxy) is 2. The first-order valence-corrected chi connectivity index (χ1v) is 4.52. The van der Waals surface area contributed by atoms with Crippen molar-refractivity contribution in [1.29, 1.82) is 0 Å². The summed E-state index contributed by atoms with van der Waals surface area (Å²) >= 11 is 4.06. The van der Waals surface area contributed by atoms with E-state index in [1.165, 1.54) is 0 Å². The Bertz CT molecular complexity index is 278. The van der Waals surface area contributed by atoms with Crippen LogP contribution >= 0.6 is 12.6 Å². The van der Waals surface area contributed by atoms with E-state index in [0.29, 0.717) is 11.6 Å². The summed E-state index contributed by atoms with van der Waals surface area (Å²) in [5.41, 5.74) is 0.965. The van der Waals surface area contributed by atoms with Crippen LogP contribution in [0.1, 0.15) is 0 Å². The molecule has 0 atom stereocenters. The second kappa shape index (κ2) is 4.87. The highest BCUT2D eigenvalue weighted by molar-refractivity contribution is 7.80. The Kier molecular flexibility index (Phi) is 3.76. The maximum atomic E-state index is 5.13.